The fourth-order valence-electron chi connectivity index (χ4n) is 5.63. The Hall–Kier alpha value is -3.23. The van der Waals surface area contributed by atoms with E-state index in [2.05, 4.69) is 5.32 Å². The molecular weight excluding hydrogens is 488 g/mol. The molecule has 2 unspecified atom stereocenters. The second-order valence-corrected chi connectivity index (χ2v) is 11.8. The van der Waals surface area contributed by atoms with Crippen molar-refractivity contribution in [2.75, 3.05) is 24.6 Å². The van der Waals surface area contributed by atoms with Crippen molar-refractivity contribution in [3.05, 3.63) is 71.3 Å². The maximum atomic E-state index is 14.7. The first-order valence-corrected chi connectivity index (χ1v) is 13.7. The molecule has 2 heterocycles. The molecule has 5 rings (SSSR count). The first kappa shape index (κ1) is 25.4. The van der Waals surface area contributed by atoms with Gasteiger partial charge in [-0.2, -0.15) is 11.8 Å². The number of nitrogens with zero attached hydrogens (tertiary/aromatic N) is 1. The highest BCUT2D eigenvalue weighted by molar-refractivity contribution is 7.99. The van der Waals surface area contributed by atoms with Crippen LogP contribution in [0.4, 0.5) is 0 Å². The number of thioether (sulfide) groups is 1. The molecule has 1 aliphatic carbocycles. The van der Waals surface area contributed by atoms with Crippen molar-refractivity contribution in [3.8, 4) is 0 Å². The van der Waals surface area contributed by atoms with E-state index in [0.29, 0.717) is 18.7 Å². The van der Waals surface area contributed by atoms with Crippen LogP contribution < -0.4 is 5.32 Å². The summed E-state index contributed by atoms with van der Waals surface area (Å²) < 4.78 is 6.11. The quantitative estimate of drug-likeness (QED) is 0.489. The number of imide groups is 1. The van der Waals surface area contributed by atoms with E-state index >= 15 is 0 Å². The lowest BCUT2D eigenvalue weighted by Gasteiger charge is -2.48. The van der Waals surface area contributed by atoms with Gasteiger partial charge in [0.1, 0.15) is 5.60 Å². The Labute approximate surface area is 220 Å². The summed E-state index contributed by atoms with van der Waals surface area (Å²) in [4.78, 5) is 56.5. The molecule has 0 aromatic heterocycles. The lowest BCUT2D eigenvalue weighted by atomic mass is 9.67. The largest absolute Gasteiger partial charge is 0.458 e. The summed E-state index contributed by atoms with van der Waals surface area (Å²) in [5, 5.41) is 4.04. The van der Waals surface area contributed by atoms with Gasteiger partial charge in [-0.05, 0) is 61.4 Å². The van der Waals surface area contributed by atoms with Crippen molar-refractivity contribution < 1.29 is 23.9 Å². The molecule has 1 N–H and O–H groups in total. The number of ether oxygens (including phenoxy) is 1. The number of hydrogen-bond acceptors (Lipinski definition) is 7. The fourth-order valence-corrected chi connectivity index (χ4v) is 6.52. The zero-order valence-corrected chi connectivity index (χ0v) is 22.0. The number of nitrogens with one attached hydrogen (secondary N) is 1. The van der Waals surface area contributed by atoms with Crippen molar-refractivity contribution in [1.29, 1.82) is 0 Å². The Morgan fingerprint density at radius 1 is 0.973 bits per heavy atom. The van der Waals surface area contributed by atoms with E-state index in [1.165, 1.54) is 12.2 Å². The molecule has 192 valence electrons. The van der Waals surface area contributed by atoms with Crippen molar-refractivity contribution in [3.63, 3.8) is 0 Å². The number of benzene rings is 2. The summed E-state index contributed by atoms with van der Waals surface area (Å²) in [7, 11) is 0. The zero-order valence-electron chi connectivity index (χ0n) is 21.2. The monoisotopic (exact) mass is 518 g/mol. The number of rotatable bonds is 4. The number of esters is 1. The van der Waals surface area contributed by atoms with Crippen LogP contribution in [-0.4, -0.2) is 58.7 Å². The lowest BCUT2D eigenvalue weighted by molar-refractivity contribution is -0.176. The predicted molar refractivity (Wildman–Crippen MR) is 143 cm³/mol. The number of hydrogen-bond donors (Lipinski definition) is 1. The van der Waals surface area contributed by atoms with Gasteiger partial charge in [-0.25, -0.2) is 4.79 Å². The Bertz CT molecular complexity index is 1360. The third kappa shape index (κ3) is 4.32. The highest BCUT2D eigenvalue weighted by Crippen LogP contribution is 2.48. The van der Waals surface area contributed by atoms with Gasteiger partial charge in [-0.1, -0.05) is 42.5 Å². The van der Waals surface area contributed by atoms with Gasteiger partial charge in [0.2, 0.25) is 0 Å². The molecule has 8 heteroatoms. The second-order valence-electron chi connectivity index (χ2n) is 10.5. The first-order valence-electron chi connectivity index (χ1n) is 12.5. The number of carbonyl (C=O) groups is 4. The van der Waals surface area contributed by atoms with E-state index in [9.17, 15) is 19.2 Å². The summed E-state index contributed by atoms with van der Waals surface area (Å²) >= 11 is 1.79. The zero-order chi connectivity index (χ0) is 26.4. The Morgan fingerprint density at radius 3 is 2.51 bits per heavy atom. The van der Waals surface area contributed by atoms with E-state index in [1.54, 1.807) is 32.5 Å². The van der Waals surface area contributed by atoms with Gasteiger partial charge >= 0.3 is 5.97 Å². The standard InChI is InChI=1S/C29H30N2O5S/c1-28(2,3)36-27(35)29(31-14-7-16-37-17-15-31,21-11-6-9-18-8-4-5-10-19(18)21)24-22(32)13-12-20-23(24)26(34)30-25(20)33/h4-6,8-13,24H,7,14-17H2,1-3H3,(H,30,33,34). The van der Waals surface area contributed by atoms with Gasteiger partial charge in [0.25, 0.3) is 11.8 Å². The summed E-state index contributed by atoms with van der Waals surface area (Å²) in [6, 6.07) is 13.4. The fraction of sp³-hybridized carbons (Fsp3) is 0.379. The topological polar surface area (TPSA) is 92.8 Å². The van der Waals surface area contributed by atoms with Crippen molar-refractivity contribution in [2.45, 2.75) is 38.3 Å². The predicted octanol–water partition coefficient (Wildman–Crippen LogP) is 3.52. The van der Waals surface area contributed by atoms with Gasteiger partial charge < -0.3 is 4.74 Å². The van der Waals surface area contributed by atoms with E-state index in [0.717, 1.165) is 28.7 Å². The number of amides is 2. The van der Waals surface area contributed by atoms with Gasteiger partial charge in [0.15, 0.2) is 11.3 Å². The van der Waals surface area contributed by atoms with Crippen LogP contribution in [0.1, 0.15) is 32.8 Å². The van der Waals surface area contributed by atoms with Crippen LogP contribution >= 0.6 is 11.8 Å². The smallest absolute Gasteiger partial charge is 0.332 e. The Balaban J connectivity index is 1.89. The molecule has 37 heavy (non-hydrogen) atoms. The molecule has 1 saturated heterocycles. The van der Waals surface area contributed by atoms with E-state index < -0.39 is 40.6 Å². The second kappa shape index (κ2) is 9.58. The average Bonchev–Trinajstić information content (AvgIpc) is 3.01. The summed E-state index contributed by atoms with van der Waals surface area (Å²) in [5.41, 5.74) is -1.75. The minimum absolute atomic E-state index is 0.0354. The Kier molecular flexibility index (Phi) is 6.58. The first-order chi connectivity index (χ1) is 17.6. The maximum absolute atomic E-state index is 14.7. The minimum atomic E-state index is -1.66. The van der Waals surface area contributed by atoms with Gasteiger partial charge in [0.05, 0.1) is 5.92 Å². The van der Waals surface area contributed by atoms with Gasteiger partial charge in [-0.15, -0.1) is 0 Å². The van der Waals surface area contributed by atoms with Crippen LogP contribution in [0.2, 0.25) is 0 Å². The highest BCUT2D eigenvalue weighted by Gasteiger charge is 2.61. The summed E-state index contributed by atoms with van der Waals surface area (Å²) in [5.74, 6) is -1.78. The maximum Gasteiger partial charge on any atom is 0.332 e. The molecular formula is C29H30N2O5S. The molecule has 2 aliphatic heterocycles. The molecule has 2 aromatic rings. The molecule has 0 radical (unpaired) electrons. The normalized spacial score (nSPS) is 22.5. The minimum Gasteiger partial charge on any atom is -0.458 e. The Morgan fingerprint density at radius 2 is 1.73 bits per heavy atom. The highest BCUT2D eigenvalue weighted by atomic mass is 32.2. The van der Waals surface area contributed by atoms with Crippen molar-refractivity contribution in [2.24, 2.45) is 5.92 Å². The van der Waals surface area contributed by atoms with E-state index in [4.69, 9.17) is 4.74 Å². The summed E-state index contributed by atoms with van der Waals surface area (Å²) in [6.07, 6.45) is 3.50. The SMILES string of the molecule is CC(C)(C)OC(=O)C(c1cccc2ccccc12)(C1C(=O)C=CC2=C1C(=O)NC2=O)N1CCCSCC1. The van der Waals surface area contributed by atoms with Crippen LogP contribution in [0.15, 0.2) is 65.8 Å². The van der Waals surface area contributed by atoms with Crippen LogP contribution in [0.25, 0.3) is 10.8 Å². The molecule has 2 aromatic carbocycles. The molecule has 0 bridgehead atoms. The van der Waals surface area contributed by atoms with Gasteiger partial charge in [-0.3, -0.25) is 24.6 Å². The molecule has 7 nitrogen and oxygen atoms in total. The number of fused-ring (bicyclic) bond motifs is 1. The average molecular weight is 519 g/mol. The number of ketones is 1. The number of carbonyl (C=O) groups excluding carboxylic acids is 4. The van der Waals surface area contributed by atoms with Crippen LogP contribution in [-0.2, 0) is 29.5 Å². The molecule has 2 atom stereocenters. The third-order valence-electron chi connectivity index (χ3n) is 7.04. The van der Waals surface area contributed by atoms with Crippen molar-refractivity contribution >= 4 is 46.1 Å². The van der Waals surface area contributed by atoms with Crippen LogP contribution in [0.3, 0.4) is 0 Å². The molecule has 0 saturated carbocycles. The lowest BCUT2D eigenvalue weighted by Crippen LogP contribution is -2.62. The molecule has 3 aliphatic rings. The van der Waals surface area contributed by atoms with Crippen LogP contribution in [0, 0.1) is 5.92 Å². The van der Waals surface area contributed by atoms with E-state index in [-0.39, 0.29) is 11.1 Å². The molecule has 0 spiro atoms. The molecule has 2 amide bonds. The van der Waals surface area contributed by atoms with Crippen molar-refractivity contribution in [1.82, 2.24) is 10.2 Å². The van der Waals surface area contributed by atoms with E-state index in [1.807, 2.05) is 47.4 Å². The molecule has 1 fully saturated rings. The number of allylic oxidation sites excluding steroid dienone is 1. The van der Waals surface area contributed by atoms with Gasteiger partial charge in [0, 0.05) is 30.0 Å². The van der Waals surface area contributed by atoms with Crippen LogP contribution in [0.5, 0.6) is 0 Å². The summed E-state index contributed by atoms with van der Waals surface area (Å²) in [6.45, 7) is 6.41. The third-order valence-corrected chi connectivity index (χ3v) is 8.09.